The van der Waals surface area contributed by atoms with E-state index in [1.807, 2.05) is 0 Å². The molecule has 12 heteroatoms. The highest BCUT2D eigenvalue weighted by atomic mass is 16.6. The van der Waals surface area contributed by atoms with Gasteiger partial charge >= 0.3 is 11.9 Å². The Labute approximate surface area is 272 Å². The third-order valence-electron chi connectivity index (χ3n) is 7.14. The summed E-state index contributed by atoms with van der Waals surface area (Å²) in [6.07, 6.45) is 8.03. The average molecular weight is 644 g/mol. The highest BCUT2D eigenvalue weighted by Gasteiger charge is 2.23. The predicted molar refractivity (Wildman–Crippen MR) is 172 cm³/mol. The molecule has 0 fully saturated rings. The number of aromatic nitrogens is 1. The fourth-order valence-electron chi connectivity index (χ4n) is 4.57. The molecule has 2 amide bonds. The number of ether oxygens (including phenoxy) is 3. The Morgan fingerprint density at radius 2 is 1.60 bits per heavy atom. The molecule has 1 atom stereocenters. The van der Waals surface area contributed by atoms with Gasteiger partial charge in [-0.05, 0) is 72.6 Å². The number of oxazole rings is 1. The zero-order chi connectivity index (χ0) is 33.6. The third-order valence-corrected chi connectivity index (χ3v) is 7.14. The molecule has 0 aliphatic carbocycles. The summed E-state index contributed by atoms with van der Waals surface area (Å²) in [6, 6.07) is 16.0. The summed E-state index contributed by atoms with van der Waals surface area (Å²) >= 11 is 0. The number of carbonyl (C=O) groups is 4. The van der Waals surface area contributed by atoms with Gasteiger partial charge in [-0.3, -0.25) is 9.59 Å². The molecule has 0 aliphatic heterocycles. The number of nitrogens with zero attached hydrogens (tertiary/aromatic N) is 1. The van der Waals surface area contributed by atoms with Gasteiger partial charge in [0.05, 0.1) is 25.5 Å². The van der Waals surface area contributed by atoms with Gasteiger partial charge in [-0.2, -0.15) is 0 Å². The molecule has 0 saturated carbocycles. The van der Waals surface area contributed by atoms with Gasteiger partial charge in [0.2, 0.25) is 5.76 Å². The summed E-state index contributed by atoms with van der Waals surface area (Å²) in [7, 11) is 1.40. The predicted octanol–water partition coefficient (Wildman–Crippen LogP) is 5.93. The van der Waals surface area contributed by atoms with Gasteiger partial charge < -0.3 is 34.4 Å². The van der Waals surface area contributed by atoms with Crippen molar-refractivity contribution in [1.82, 2.24) is 10.3 Å². The fraction of sp³-hybridized carbons (Fsp3) is 0.286. The smallest absolute Gasteiger partial charge is 0.343 e. The summed E-state index contributed by atoms with van der Waals surface area (Å²) in [4.78, 5) is 53.5. The number of unbranched alkanes of at least 4 members (excludes halogenated alkanes) is 4. The quantitative estimate of drug-likeness (QED) is 0.0713. The average Bonchev–Trinajstić information content (AvgIpc) is 3.63. The molecule has 4 aromatic rings. The van der Waals surface area contributed by atoms with E-state index in [1.54, 1.807) is 36.4 Å². The lowest BCUT2D eigenvalue weighted by atomic mass is 10.0. The number of amides is 2. The summed E-state index contributed by atoms with van der Waals surface area (Å²) in [5.74, 6) is -1.90. The summed E-state index contributed by atoms with van der Waals surface area (Å²) in [6.45, 7) is 2.79. The standard InChI is InChI=1S/C35H37N3O9/c1-3-4-5-6-7-18-45-27-15-11-25(12-16-27)35(43)47-29-17-8-23(20-30(29)44-2)19-28(34(41)42)38-32(39)24-9-13-26(14-10-24)37-33(40)31-21-36-22-46-31/h8-17,20-22,28H,3-7,18-19H2,1-2H3,(H,37,40)(H,38,39)(H,41,42). The van der Waals surface area contributed by atoms with Gasteiger partial charge in [0.15, 0.2) is 17.9 Å². The first-order valence-corrected chi connectivity index (χ1v) is 15.2. The maximum atomic E-state index is 12.8. The van der Waals surface area contributed by atoms with E-state index in [0.717, 1.165) is 19.2 Å². The van der Waals surface area contributed by atoms with E-state index in [4.69, 9.17) is 18.6 Å². The number of carboxylic acid groups (broad SMARTS) is 1. The first-order chi connectivity index (χ1) is 22.8. The number of nitrogens with one attached hydrogen (secondary N) is 2. The molecule has 1 heterocycles. The van der Waals surface area contributed by atoms with Gasteiger partial charge in [0, 0.05) is 17.7 Å². The van der Waals surface area contributed by atoms with E-state index >= 15 is 0 Å². The zero-order valence-corrected chi connectivity index (χ0v) is 26.2. The zero-order valence-electron chi connectivity index (χ0n) is 26.2. The maximum Gasteiger partial charge on any atom is 0.343 e. The van der Waals surface area contributed by atoms with Gasteiger partial charge in [0.1, 0.15) is 11.8 Å². The van der Waals surface area contributed by atoms with Gasteiger partial charge in [-0.25, -0.2) is 14.6 Å². The maximum absolute atomic E-state index is 12.8. The molecular weight excluding hydrogens is 606 g/mol. The van der Waals surface area contributed by atoms with Gasteiger partial charge in [-0.15, -0.1) is 0 Å². The molecule has 4 rings (SSSR count). The fourth-order valence-corrected chi connectivity index (χ4v) is 4.57. The van der Waals surface area contributed by atoms with Crippen LogP contribution in [0.2, 0.25) is 0 Å². The molecule has 1 unspecified atom stereocenters. The number of esters is 1. The molecule has 0 saturated heterocycles. The second-order valence-electron chi connectivity index (χ2n) is 10.6. The second kappa shape index (κ2) is 17.2. The van der Waals surface area contributed by atoms with Crippen LogP contribution in [0.3, 0.4) is 0 Å². The normalized spacial score (nSPS) is 11.3. The van der Waals surface area contributed by atoms with Gasteiger partial charge in [-0.1, -0.05) is 38.7 Å². The van der Waals surface area contributed by atoms with E-state index in [0.29, 0.717) is 29.2 Å². The van der Waals surface area contributed by atoms with E-state index in [9.17, 15) is 24.3 Å². The number of carbonyl (C=O) groups excluding carboxylic acids is 3. The van der Waals surface area contributed by atoms with Crippen LogP contribution in [0.15, 0.2) is 83.7 Å². The van der Waals surface area contributed by atoms with Crippen LogP contribution in [0.5, 0.6) is 17.2 Å². The van der Waals surface area contributed by atoms with Crippen molar-refractivity contribution in [2.45, 2.75) is 51.5 Å². The van der Waals surface area contributed by atoms with Crippen molar-refractivity contribution < 1.29 is 42.9 Å². The topological polar surface area (TPSA) is 166 Å². The molecule has 246 valence electrons. The Morgan fingerprint density at radius 1 is 0.872 bits per heavy atom. The molecule has 0 spiro atoms. The molecule has 0 aliphatic rings. The van der Waals surface area contributed by atoms with Crippen molar-refractivity contribution in [3.63, 3.8) is 0 Å². The number of rotatable bonds is 17. The molecule has 3 N–H and O–H groups in total. The van der Waals surface area contributed by atoms with Crippen LogP contribution < -0.4 is 24.8 Å². The first kappa shape index (κ1) is 34.2. The molecule has 0 bridgehead atoms. The number of carboxylic acids is 1. The Balaban J connectivity index is 1.32. The van der Waals surface area contributed by atoms with Crippen molar-refractivity contribution in [3.05, 3.63) is 102 Å². The van der Waals surface area contributed by atoms with Crippen LogP contribution in [0.4, 0.5) is 5.69 Å². The lowest BCUT2D eigenvalue weighted by Crippen LogP contribution is -2.42. The number of methoxy groups -OCH3 is 1. The Kier molecular flexibility index (Phi) is 12.5. The van der Waals surface area contributed by atoms with Crippen molar-refractivity contribution >= 4 is 29.4 Å². The Morgan fingerprint density at radius 3 is 2.26 bits per heavy atom. The van der Waals surface area contributed by atoms with E-state index in [1.165, 1.54) is 62.9 Å². The molecule has 1 aromatic heterocycles. The summed E-state index contributed by atoms with van der Waals surface area (Å²) < 4.78 is 21.7. The minimum absolute atomic E-state index is 0.0260. The van der Waals surface area contributed by atoms with E-state index in [-0.39, 0.29) is 29.2 Å². The third kappa shape index (κ3) is 10.2. The van der Waals surface area contributed by atoms with Crippen LogP contribution in [0.1, 0.15) is 75.9 Å². The van der Waals surface area contributed by atoms with Crippen LogP contribution in [0.25, 0.3) is 0 Å². The number of benzene rings is 3. The molecule has 0 radical (unpaired) electrons. The minimum atomic E-state index is -1.27. The monoisotopic (exact) mass is 643 g/mol. The number of anilines is 1. The summed E-state index contributed by atoms with van der Waals surface area (Å²) in [5.41, 5.74) is 1.44. The van der Waals surface area contributed by atoms with Crippen LogP contribution in [0, 0.1) is 0 Å². The first-order valence-electron chi connectivity index (χ1n) is 15.2. The lowest BCUT2D eigenvalue weighted by molar-refractivity contribution is -0.139. The van der Waals surface area contributed by atoms with Crippen molar-refractivity contribution in [1.29, 1.82) is 0 Å². The largest absolute Gasteiger partial charge is 0.494 e. The Bertz CT molecular complexity index is 1640. The van der Waals surface area contributed by atoms with Crippen molar-refractivity contribution in [2.24, 2.45) is 0 Å². The summed E-state index contributed by atoms with van der Waals surface area (Å²) in [5, 5.41) is 14.9. The number of aliphatic carboxylic acids is 1. The van der Waals surface area contributed by atoms with Crippen LogP contribution in [-0.4, -0.2) is 53.6 Å². The highest BCUT2D eigenvalue weighted by Crippen LogP contribution is 2.30. The highest BCUT2D eigenvalue weighted by molar-refractivity contribution is 6.02. The molecule has 3 aromatic carbocycles. The number of hydrogen-bond donors (Lipinski definition) is 3. The second-order valence-corrected chi connectivity index (χ2v) is 10.6. The SMILES string of the molecule is CCCCCCCOc1ccc(C(=O)Oc2ccc(CC(NC(=O)c3ccc(NC(=O)c4cnco4)cc3)C(=O)O)cc2OC)cc1. The van der Waals surface area contributed by atoms with Gasteiger partial charge in [0.25, 0.3) is 11.8 Å². The minimum Gasteiger partial charge on any atom is -0.494 e. The van der Waals surface area contributed by atoms with E-state index in [2.05, 4.69) is 22.5 Å². The molecule has 47 heavy (non-hydrogen) atoms. The number of hydrogen-bond acceptors (Lipinski definition) is 9. The van der Waals surface area contributed by atoms with Crippen LogP contribution >= 0.6 is 0 Å². The Hall–Kier alpha value is -5.65. The van der Waals surface area contributed by atoms with Crippen molar-refractivity contribution in [2.75, 3.05) is 19.0 Å². The molecule has 12 nitrogen and oxygen atoms in total. The molecular formula is C35H37N3O9. The van der Waals surface area contributed by atoms with Crippen LogP contribution in [-0.2, 0) is 11.2 Å². The van der Waals surface area contributed by atoms with E-state index < -0.39 is 29.8 Å². The van der Waals surface area contributed by atoms with Crippen molar-refractivity contribution in [3.8, 4) is 17.2 Å². The lowest BCUT2D eigenvalue weighted by Gasteiger charge is -2.16.